The third-order valence-corrected chi connectivity index (χ3v) is 4.73. The molecule has 0 unspecified atom stereocenters. The van der Waals surface area contributed by atoms with Gasteiger partial charge in [0.15, 0.2) is 0 Å². The zero-order chi connectivity index (χ0) is 16.5. The van der Waals surface area contributed by atoms with E-state index in [-0.39, 0.29) is 11.7 Å². The Bertz CT molecular complexity index is 881. The number of aromatic amines is 1. The van der Waals surface area contributed by atoms with Crippen LogP contribution in [0.1, 0.15) is 18.4 Å². The summed E-state index contributed by atoms with van der Waals surface area (Å²) in [6.07, 6.45) is 2.17. The van der Waals surface area contributed by atoms with Gasteiger partial charge < -0.3 is 9.88 Å². The summed E-state index contributed by atoms with van der Waals surface area (Å²) in [5.41, 5.74) is 3.96. The van der Waals surface area contributed by atoms with Crippen molar-refractivity contribution in [1.29, 1.82) is 0 Å². The van der Waals surface area contributed by atoms with Crippen LogP contribution in [-0.2, 0) is 11.2 Å². The van der Waals surface area contributed by atoms with Crippen LogP contribution in [0.25, 0.3) is 22.2 Å². The summed E-state index contributed by atoms with van der Waals surface area (Å²) in [4.78, 5) is 17.5. The van der Waals surface area contributed by atoms with Crippen LogP contribution in [0.4, 0.5) is 4.39 Å². The number of halogens is 1. The summed E-state index contributed by atoms with van der Waals surface area (Å²) < 4.78 is 13.7. The number of rotatable bonds is 4. The van der Waals surface area contributed by atoms with Crippen molar-refractivity contribution in [2.75, 3.05) is 13.1 Å². The lowest BCUT2D eigenvalue weighted by molar-refractivity contribution is -0.134. The molecular formula is C20H19FN2O. The molecule has 0 spiro atoms. The van der Waals surface area contributed by atoms with E-state index in [1.807, 2.05) is 35.2 Å². The van der Waals surface area contributed by atoms with Crippen LogP contribution in [0.15, 0.2) is 48.5 Å². The van der Waals surface area contributed by atoms with Crippen molar-refractivity contribution in [3.8, 4) is 11.3 Å². The van der Waals surface area contributed by atoms with Gasteiger partial charge in [0.2, 0.25) is 5.91 Å². The molecule has 1 saturated heterocycles. The van der Waals surface area contributed by atoms with E-state index < -0.39 is 0 Å². The Morgan fingerprint density at radius 3 is 2.62 bits per heavy atom. The second-order valence-corrected chi connectivity index (χ2v) is 6.27. The van der Waals surface area contributed by atoms with Crippen LogP contribution >= 0.6 is 0 Å². The zero-order valence-corrected chi connectivity index (χ0v) is 13.4. The number of aromatic nitrogens is 1. The largest absolute Gasteiger partial charge is 0.354 e. The molecule has 1 aromatic heterocycles. The summed E-state index contributed by atoms with van der Waals surface area (Å²) in [5.74, 6) is -0.0672. The van der Waals surface area contributed by atoms with Crippen LogP contribution in [0.3, 0.4) is 0 Å². The minimum absolute atomic E-state index is 0.186. The van der Waals surface area contributed by atoms with E-state index in [1.165, 1.54) is 6.07 Å². The van der Waals surface area contributed by atoms with Crippen molar-refractivity contribution in [2.45, 2.75) is 19.3 Å². The van der Waals surface area contributed by atoms with Crippen molar-refractivity contribution >= 4 is 16.8 Å². The average molecular weight is 322 g/mol. The molecule has 0 aliphatic carbocycles. The fraction of sp³-hybridized carbons (Fsp3) is 0.250. The molecule has 1 amide bonds. The molecule has 0 atom stereocenters. The molecule has 1 aliphatic rings. The van der Waals surface area contributed by atoms with Gasteiger partial charge in [0, 0.05) is 36.1 Å². The number of nitrogens with zero attached hydrogens (tertiary/aromatic N) is 1. The third-order valence-electron chi connectivity index (χ3n) is 4.73. The van der Waals surface area contributed by atoms with Crippen LogP contribution < -0.4 is 0 Å². The maximum atomic E-state index is 13.7. The lowest BCUT2D eigenvalue weighted by atomic mass is 10.0. The van der Waals surface area contributed by atoms with Crippen molar-refractivity contribution < 1.29 is 9.18 Å². The van der Waals surface area contributed by atoms with E-state index in [2.05, 4.69) is 4.98 Å². The minimum Gasteiger partial charge on any atom is -0.354 e. The fourth-order valence-electron chi connectivity index (χ4n) is 3.29. The Morgan fingerprint density at radius 1 is 1.12 bits per heavy atom. The molecule has 0 radical (unpaired) electrons. The quantitative estimate of drug-likeness (QED) is 0.770. The highest BCUT2D eigenvalue weighted by atomic mass is 19.1. The highest BCUT2D eigenvalue weighted by Gasteiger charge is 2.21. The van der Waals surface area contributed by atoms with Gasteiger partial charge in [-0.05, 0) is 42.2 Å². The smallest absolute Gasteiger partial charge is 0.222 e. The Hall–Kier alpha value is -2.62. The normalized spacial score (nSPS) is 14.0. The topological polar surface area (TPSA) is 36.1 Å². The predicted octanol–water partition coefficient (Wildman–Crippen LogP) is 4.14. The SMILES string of the molecule is O=C(CCc1c(-c2ccccc2)[nH]c2ccc(F)cc12)N1CCC1. The number of hydrogen-bond donors (Lipinski definition) is 1. The van der Waals surface area contributed by atoms with Crippen LogP contribution in [0.5, 0.6) is 0 Å². The molecule has 24 heavy (non-hydrogen) atoms. The van der Waals surface area contributed by atoms with Gasteiger partial charge in [0.05, 0.1) is 0 Å². The predicted molar refractivity (Wildman–Crippen MR) is 93.2 cm³/mol. The molecule has 4 rings (SSSR count). The summed E-state index contributed by atoms with van der Waals surface area (Å²) in [7, 11) is 0. The van der Waals surface area contributed by atoms with Gasteiger partial charge in [-0.1, -0.05) is 30.3 Å². The molecule has 4 heteroatoms. The van der Waals surface area contributed by atoms with Crippen LogP contribution in [0.2, 0.25) is 0 Å². The number of likely N-dealkylation sites (tertiary alicyclic amines) is 1. The molecule has 0 saturated carbocycles. The Labute approximate surface area is 140 Å². The lowest BCUT2D eigenvalue weighted by Gasteiger charge is -2.31. The van der Waals surface area contributed by atoms with Crippen molar-refractivity contribution in [1.82, 2.24) is 9.88 Å². The van der Waals surface area contributed by atoms with Crippen LogP contribution in [-0.4, -0.2) is 28.9 Å². The highest BCUT2D eigenvalue weighted by Crippen LogP contribution is 2.32. The van der Waals surface area contributed by atoms with E-state index in [0.717, 1.165) is 47.2 Å². The first-order chi connectivity index (χ1) is 11.7. The Kier molecular flexibility index (Phi) is 3.81. The Balaban J connectivity index is 1.72. The summed E-state index contributed by atoms with van der Waals surface area (Å²) in [5, 5.41) is 0.866. The fourth-order valence-corrected chi connectivity index (χ4v) is 3.29. The van der Waals surface area contributed by atoms with Gasteiger partial charge in [-0.15, -0.1) is 0 Å². The number of nitrogens with one attached hydrogen (secondary N) is 1. The molecule has 3 nitrogen and oxygen atoms in total. The Morgan fingerprint density at radius 2 is 1.92 bits per heavy atom. The molecule has 0 bridgehead atoms. The first kappa shape index (κ1) is 14.9. The van der Waals surface area contributed by atoms with Gasteiger partial charge in [0.1, 0.15) is 5.82 Å². The summed E-state index contributed by atoms with van der Waals surface area (Å²) >= 11 is 0. The van der Waals surface area contributed by atoms with Gasteiger partial charge in [-0.3, -0.25) is 4.79 Å². The van der Waals surface area contributed by atoms with Gasteiger partial charge in [0.25, 0.3) is 0 Å². The highest BCUT2D eigenvalue weighted by molar-refractivity contribution is 5.91. The molecular weight excluding hydrogens is 303 g/mol. The van der Waals surface area contributed by atoms with E-state index in [9.17, 15) is 9.18 Å². The van der Waals surface area contributed by atoms with Crippen LogP contribution in [0, 0.1) is 5.82 Å². The van der Waals surface area contributed by atoms with Gasteiger partial charge in [-0.2, -0.15) is 0 Å². The number of H-pyrrole nitrogens is 1. The minimum atomic E-state index is -0.253. The third kappa shape index (κ3) is 2.68. The molecule has 2 heterocycles. The molecule has 2 aromatic carbocycles. The molecule has 1 fully saturated rings. The number of fused-ring (bicyclic) bond motifs is 1. The van der Waals surface area contributed by atoms with E-state index in [0.29, 0.717) is 12.8 Å². The van der Waals surface area contributed by atoms with E-state index in [4.69, 9.17) is 0 Å². The number of carbonyl (C=O) groups is 1. The summed E-state index contributed by atoms with van der Waals surface area (Å²) in [6.45, 7) is 1.74. The van der Waals surface area contributed by atoms with Crippen molar-refractivity contribution in [3.63, 3.8) is 0 Å². The second-order valence-electron chi connectivity index (χ2n) is 6.27. The van der Waals surface area contributed by atoms with Gasteiger partial charge in [-0.25, -0.2) is 4.39 Å². The average Bonchev–Trinajstić information content (AvgIpc) is 2.90. The molecule has 122 valence electrons. The zero-order valence-electron chi connectivity index (χ0n) is 13.4. The van der Waals surface area contributed by atoms with Crippen molar-refractivity contribution in [3.05, 3.63) is 59.9 Å². The second kappa shape index (κ2) is 6.11. The molecule has 3 aromatic rings. The number of carbonyl (C=O) groups excluding carboxylic acids is 1. The number of aryl methyl sites for hydroxylation is 1. The maximum Gasteiger partial charge on any atom is 0.222 e. The van der Waals surface area contributed by atoms with E-state index in [1.54, 1.807) is 12.1 Å². The first-order valence-corrected chi connectivity index (χ1v) is 8.35. The number of benzene rings is 2. The van der Waals surface area contributed by atoms with Crippen molar-refractivity contribution in [2.24, 2.45) is 0 Å². The number of amides is 1. The standard InChI is InChI=1S/C20H19FN2O/c21-15-7-9-18-17(13-15)16(8-10-19(24)23-11-4-12-23)20(22-18)14-5-2-1-3-6-14/h1-3,5-7,9,13,22H,4,8,10-12H2. The lowest BCUT2D eigenvalue weighted by Crippen LogP contribution is -2.42. The molecule has 1 N–H and O–H groups in total. The van der Waals surface area contributed by atoms with E-state index >= 15 is 0 Å². The molecule has 1 aliphatic heterocycles. The first-order valence-electron chi connectivity index (χ1n) is 8.35. The number of hydrogen-bond acceptors (Lipinski definition) is 1. The summed E-state index contributed by atoms with van der Waals surface area (Å²) in [6, 6.07) is 14.8. The van der Waals surface area contributed by atoms with Gasteiger partial charge >= 0.3 is 0 Å². The maximum absolute atomic E-state index is 13.7. The monoisotopic (exact) mass is 322 g/mol.